The van der Waals surface area contributed by atoms with Crippen LogP contribution < -0.4 is 4.72 Å². The predicted octanol–water partition coefficient (Wildman–Crippen LogP) is 1.81. The van der Waals surface area contributed by atoms with Crippen molar-refractivity contribution in [3.05, 3.63) is 35.9 Å². The lowest BCUT2D eigenvalue weighted by Crippen LogP contribution is -2.48. The zero-order valence-electron chi connectivity index (χ0n) is 10.6. The molecule has 1 N–H and O–H groups in total. The molecule has 0 aromatic heterocycles. The van der Waals surface area contributed by atoms with Gasteiger partial charge in [-0.05, 0) is 18.4 Å². The van der Waals surface area contributed by atoms with Crippen molar-refractivity contribution in [2.45, 2.75) is 31.8 Å². The minimum Gasteiger partial charge on any atom is -0.339 e. The molecule has 5 nitrogen and oxygen atoms in total. The van der Waals surface area contributed by atoms with Gasteiger partial charge in [-0.15, -0.1) is 4.40 Å². The Morgan fingerprint density at radius 2 is 1.95 bits per heavy atom. The fraction of sp³-hybridized carbons (Fsp3) is 0.462. The Balaban J connectivity index is 2.02. The van der Waals surface area contributed by atoms with Crippen LogP contribution in [0.2, 0.25) is 0 Å². The Bertz CT molecular complexity index is 583. The summed E-state index contributed by atoms with van der Waals surface area (Å²) in [5.74, 6) is 0.699. The lowest BCUT2D eigenvalue weighted by Gasteiger charge is -2.36. The van der Waals surface area contributed by atoms with Crippen molar-refractivity contribution in [1.29, 1.82) is 0 Å². The summed E-state index contributed by atoms with van der Waals surface area (Å²) in [5.41, 5.74) is 0.959. The van der Waals surface area contributed by atoms with Gasteiger partial charge in [-0.1, -0.05) is 36.8 Å². The van der Waals surface area contributed by atoms with Gasteiger partial charge in [0, 0.05) is 13.0 Å². The molecule has 0 saturated carbocycles. The molecular formula is C13H17N3O2S. The third-order valence-electron chi connectivity index (χ3n) is 3.54. The molecular weight excluding hydrogens is 262 g/mol. The van der Waals surface area contributed by atoms with E-state index in [1.54, 1.807) is 0 Å². The SMILES string of the molecule is O=S1(=O)N=C2CCCCCN2[C@@H](c2ccccc2)N1. The minimum absolute atomic E-state index is 0.322. The first-order valence-electron chi connectivity index (χ1n) is 6.58. The van der Waals surface area contributed by atoms with E-state index in [0.717, 1.165) is 37.8 Å². The highest BCUT2D eigenvalue weighted by Gasteiger charge is 2.33. The Labute approximate surface area is 113 Å². The molecule has 2 heterocycles. The monoisotopic (exact) mass is 279 g/mol. The molecule has 2 aliphatic heterocycles. The van der Waals surface area contributed by atoms with Crippen molar-refractivity contribution in [1.82, 2.24) is 9.62 Å². The zero-order chi connectivity index (χ0) is 13.3. The van der Waals surface area contributed by atoms with Gasteiger partial charge in [0.05, 0.1) is 0 Å². The third-order valence-corrected chi connectivity index (χ3v) is 4.52. The second kappa shape index (κ2) is 4.94. The van der Waals surface area contributed by atoms with Crippen molar-refractivity contribution >= 4 is 16.0 Å². The molecule has 0 bridgehead atoms. The van der Waals surface area contributed by atoms with Gasteiger partial charge >= 0.3 is 10.2 Å². The Morgan fingerprint density at radius 3 is 2.74 bits per heavy atom. The van der Waals surface area contributed by atoms with E-state index >= 15 is 0 Å². The number of hydrogen-bond acceptors (Lipinski definition) is 3. The summed E-state index contributed by atoms with van der Waals surface area (Å²) in [4.78, 5) is 2.09. The average molecular weight is 279 g/mol. The van der Waals surface area contributed by atoms with Crippen molar-refractivity contribution in [2.75, 3.05) is 6.54 Å². The summed E-state index contributed by atoms with van der Waals surface area (Å²) < 4.78 is 30.3. The van der Waals surface area contributed by atoms with E-state index in [0.29, 0.717) is 5.84 Å². The molecule has 0 unspecified atom stereocenters. The van der Waals surface area contributed by atoms with Gasteiger partial charge in [-0.3, -0.25) is 0 Å². The van der Waals surface area contributed by atoms with Gasteiger partial charge in [0.25, 0.3) is 0 Å². The van der Waals surface area contributed by atoms with E-state index in [1.165, 1.54) is 0 Å². The van der Waals surface area contributed by atoms with Crippen LogP contribution in [0.4, 0.5) is 0 Å². The van der Waals surface area contributed by atoms with E-state index in [-0.39, 0.29) is 6.17 Å². The minimum atomic E-state index is -3.57. The van der Waals surface area contributed by atoms with Crippen molar-refractivity contribution < 1.29 is 8.42 Å². The molecule has 1 saturated heterocycles. The molecule has 3 rings (SSSR count). The van der Waals surface area contributed by atoms with Crippen LogP contribution in [0.15, 0.2) is 34.7 Å². The average Bonchev–Trinajstić information content (AvgIpc) is 2.63. The van der Waals surface area contributed by atoms with Crippen LogP contribution in [0.3, 0.4) is 0 Å². The fourth-order valence-electron chi connectivity index (χ4n) is 2.64. The predicted molar refractivity (Wildman–Crippen MR) is 73.8 cm³/mol. The van der Waals surface area contributed by atoms with Gasteiger partial charge in [-0.25, -0.2) is 0 Å². The van der Waals surface area contributed by atoms with Crippen molar-refractivity contribution in [2.24, 2.45) is 4.40 Å². The first-order valence-corrected chi connectivity index (χ1v) is 8.02. The van der Waals surface area contributed by atoms with E-state index < -0.39 is 10.2 Å². The molecule has 1 atom stereocenters. The molecule has 0 aliphatic carbocycles. The molecule has 2 aliphatic rings. The molecule has 1 fully saturated rings. The second-order valence-electron chi connectivity index (χ2n) is 4.92. The van der Waals surface area contributed by atoms with Crippen LogP contribution in [0.25, 0.3) is 0 Å². The number of nitrogens with one attached hydrogen (secondary N) is 1. The Morgan fingerprint density at radius 1 is 1.16 bits per heavy atom. The summed E-state index contributed by atoms with van der Waals surface area (Å²) in [7, 11) is -3.57. The van der Waals surface area contributed by atoms with Gasteiger partial charge in [0.1, 0.15) is 12.0 Å². The molecule has 6 heteroatoms. The van der Waals surface area contributed by atoms with E-state index in [9.17, 15) is 8.42 Å². The highest BCUT2D eigenvalue weighted by molar-refractivity contribution is 7.88. The van der Waals surface area contributed by atoms with Gasteiger partial charge in [0.15, 0.2) is 0 Å². The molecule has 1 aromatic rings. The van der Waals surface area contributed by atoms with Crippen molar-refractivity contribution in [3.63, 3.8) is 0 Å². The molecule has 0 spiro atoms. The molecule has 0 radical (unpaired) electrons. The smallest absolute Gasteiger partial charge is 0.323 e. The van der Waals surface area contributed by atoms with Gasteiger partial charge in [-0.2, -0.15) is 13.1 Å². The van der Waals surface area contributed by atoms with Crippen LogP contribution in [-0.2, 0) is 10.2 Å². The number of hydrogen-bond donors (Lipinski definition) is 1. The first-order chi connectivity index (χ1) is 9.16. The maximum Gasteiger partial charge on any atom is 0.323 e. The van der Waals surface area contributed by atoms with Crippen molar-refractivity contribution in [3.8, 4) is 0 Å². The standard InChI is InChI=1S/C13H17N3O2S/c17-19(18)14-12-9-5-2-6-10-16(12)13(15-19)11-7-3-1-4-8-11/h1,3-4,7-8,13,15H,2,5-6,9-10H2/t13-/m0/s1. The van der Waals surface area contributed by atoms with Crippen LogP contribution in [0.5, 0.6) is 0 Å². The third kappa shape index (κ3) is 2.64. The highest BCUT2D eigenvalue weighted by Crippen LogP contribution is 2.27. The topological polar surface area (TPSA) is 61.8 Å². The first kappa shape index (κ1) is 12.6. The summed E-state index contributed by atoms with van der Waals surface area (Å²) in [6.45, 7) is 0.848. The number of fused-ring (bicyclic) bond motifs is 1. The molecule has 1 aromatic carbocycles. The Kier molecular flexibility index (Phi) is 3.28. The highest BCUT2D eigenvalue weighted by atomic mass is 32.2. The van der Waals surface area contributed by atoms with E-state index in [2.05, 4.69) is 14.0 Å². The van der Waals surface area contributed by atoms with E-state index in [1.807, 2.05) is 30.3 Å². The molecule has 0 amide bonds. The van der Waals surface area contributed by atoms with Crippen LogP contribution in [0.1, 0.15) is 37.4 Å². The maximum atomic E-state index is 11.9. The second-order valence-corrected chi connectivity index (χ2v) is 6.29. The lowest BCUT2D eigenvalue weighted by atomic mass is 10.1. The van der Waals surface area contributed by atoms with Gasteiger partial charge in [0.2, 0.25) is 0 Å². The zero-order valence-corrected chi connectivity index (χ0v) is 11.4. The number of amidine groups is 1. The molecule has 19 heavy (non-hydrogen) atoms. The number of rotatable bonds is 1. The quantitative estimate of drug-likeness (QED) is 0.852. The van der Waals surface area contributed by atoms with Crippen LogP contribution in [-0.4, -0.2) is 25.7 Å². The van der Waals surface area contributed by atoms with Gasteiger partial charge < -0.3 is 4.90 Å². The summed E-state index contributed by atoms with van der Waals surface area (Å²) in [6, 6.07) is 9.67. The lowest BCUT2D eigenvalue weighted by molar-refractivity contribution is 0.292. The summed E-state index contributed by atoms with van der Waals surface area (Å²) in [6.07, 6.45) is 3.62. The number of nitrogens with zero attached hydrogens (tertiary/aromatic N) is 2. The van der Waals surface area contributed by atoms with E-state index in [4.69, 9.17) is 0 Å². The normalized spacial score (nSPS) is 26.2. The van der Waals surface area contributed by atoms with Crippen LogP contribution >= 0.6 is 0 Å². The summed E-state index contributed by atoms with van der Waals surface area (Å²) >= 11 is 0. The molecule has 102 valence electrons. The number of benzene rings is 1. The largest absolute Gasteiger partial charge is 0.339 e. The van der Waals surface area contributed by atoms with Crippen LogP contribution in [0, 0.1) is 0 Å². The summed E-state index contributed by atoms with van der Waals surface area (Å²) in [5, 5.41) is 0. The Hall–Kier alpha value is -1.40. The maximum absolute atomic E-state index is 11.9. The fourth-order valence-corrected chi connectivity index (χ4v) is 3.72.